The fraction of sp³-hybridized carbons (Fsp3) is 0.667. The van der Waals surface area contributed by atoms with Gasteiger partial charge >= 0.3 is 0 Å². The zero-order valence-corrected chi connectivity index (χ0v) is 16.0. The number of hydrogen-bond acceptors (Lipinski definition) is 5. The molecular formula is C18H27FN2O3S. The van der Waals surface area contributed by atoms with Gasteiger partial charge in [0.1, 0.15) is 17.2 Å². The molecule has 0 amide bonds. The fourth-order valence-electron chi connectivity index (χ4n) is 3.51. The predicted octanol–water partition coefficient (Wildman–Crippen LogP) is 2.49. The van der Waals surface area contributed by atoms with Gasteiger partial charge in [-0.05, 0) is 44.7 Å². The molecule has 1 aromatic carbocycles. The minimum absolute atomic E-state index is 0.0926. The Labute approximate surface area is 149 Å². The van der Waals surface area contributed by atoms with Crippen molar-refractivity contribution in [3.8, 4) is 5.75 Å². The maximum atomic E-state index is 14.6. The molecule has 7 heteroatoms. The van der Waals surface area contributed by atoms with E-state index in [0.717, 1.165) is 31.5 Å². The third kappa shape index (κ3) is 3.92. The minimum Gasteiger partial charge on any atom is -0.486 e. The summed E-state index contributed by atoms with van der Waals surface area (Å²) >= 11 is 0. The smallest absolute Gasteiger partial charge is 0.162 e. The van der Waals surface area contributed by atoms with Crippen molar-refractivity contribution in [3.05, 3.63) is 23.5 Å². The van der Waals surface area contributed by atoms with Crippen molar-refractivity contribution < 1.29 is 17.5 Å². The van der Waals surface area contributed by atoms with Gasteiger partial charge in [0, 0.05) is 24.9 Å². The molecule has 25 heavy (non-hydrogen) atoms. The lowest BCUT2D eigenvalue weighted by Gasteiger charge is -2.41. The van der Waals surface area contributed by atoms with E-state index in [0.29, 0.717) is 17.9 Å². The number of nitrogens with one attached hydrogen (secondary N) is 1. The minimum atomic E-state index is -3.12. The van der Waals surface area contributed by atoms with Gasteiger partial charge in [0.15, 0.2) is 9.84 Å². The summed E-state index contributed by atoms with van der Waals surface area (Å²) in [6, 6.07) is 3.15. The van der Waals surface area contributed by atoms with Crippen molar-refractivity contribution in [1.82, 2.24) is 5.32 Å². The molecule has 2 aliphatic rings. The van der Waals surface area contributed by atoms with Gasteiger partial charge in [-0.3, -0.25) is 5.32 Å². The van der Waals surface area contributed by atoms with Gasteiger partial charge < -0.3 is 9.64 Å². The maximum absolute atomic E-state index is 14.6. The normalized spacial score (nSPS) is 22.6. The van der Waals surface area contributed by atoms with E-state index in [2.05, 4.69) is 10.2 Å². The highest BCUT2D eigenvalue weighted by molar-refractivity contribution is 7.91. The van der Waals surface area contributed by atoms with Crippen LogP contribution in [0.15, 0.2) is 12.1 Å². The first-order valence-corrected chi connectivity index (χ1v) is 10.7. The summed E-state index contributed by atoms with van der Waals surface area (Å²) in [5.74, 6) is 0.469. The number of ether oxygens (including phenoxy) is 1. The molecule has 0 bridgehead atoms. The number of benzene rings is 1. The summed E-state index contributed by atoms with van der Waals surface area (Å²) in [6.07, 6.45) is 2.71. The van der Waals surface area contributed by atoms with E-state index in [1.54, 1.807) is 19.1 Å². The largest absolute Gasteiger partial charge is 0.486 e. The third-order valence-corrected chi connectivity index (χ3v) is 6.69. The van der Waals surface area contributed by atoms with Crippen LogP contribution >= 0.6 is 0 Å². The Morgan fingerprint density at radius 2 is 2.00 bits per heavy atom. The monoisotopic (exact) mass is 370 g/mol. The molecule has 1 atom stereocenters. The van der Waals surface area contributed by atoms with Crippen LogP contribution in [0.3, 0.4) is 0 Å². The number of sulfone groups is 1. The molecular weight excluding hydrogens is 343 g/mol. The maximum Gasteiger partial charge on any atom is 0.162 e. The second-order valence-corrected chi connectivity index (χ2v) is 9.80. The van der Waals surface area contributed by atoms with E-state index in [1.807, 2.05) is 13.8 Å². The number of nitrogens with zero attached hydrogens (tertiary/aromatic N) is 1. The lowest BCUT2D eigenvalue weighted by Crippen LogP contribution is -2.55. The van der Waals surface area contributed by atoms with Crippen LogP contribution < -0.4 is 15.0 Å². The van der Waals surface area contributed by atoms with E-state index in [-0.39, 0.29) is 23.5 Å². The third-order valence-electron chi connectivity index (χ3n) is 5.20. The van der Waals surface area contributed by atoms with E-state index in [9.17, 15) is 12.8 Å². The average molecular weight is 370 g/mol. The second kappa shape index (κ2) is 6.76. The average Bonchev–Trinajstić information content (AvgIpc) is 3.06. The van der Waals surface area contributed by atoms with Crippen molar-refractivity contribution >= 4 is 15.5 Å². The van der Waals surface area contributed by atoms with Gasteiger partial charge in [0.05, 0.1) is 17.6 Å². The van der Waals surface area contributed by atoms with E-state index in [4.69, 9.17) is 4.74 Å². The van der Waals surface area contributed by atoms with E-state index >= 15 is 0 Å². The Morgan fingerprint density at radius 3 is 2.64 bits per heavy atom. The van der Waals surface area contributed by atoms with Crippen molar-refractivity contribution in [3.63, 3.8) is 0 Å². The summed E-state index contributed by atoms with van der Waals surface area (Å²) in [6.45, 7) is 7.25. The quantitative estimate of drug-likeness (QED) is 0.863. The second-order valence-electron chi connectivity index (χ2n) is 7.45. The standard InChI is InChI=1S/C18H27FN2O3S/c1-4-25(22,23)12-20-17-10-13-9-14(19)15(21-7-5-6-8-21)11-16(13)24-18(17,2)3/h9,11,17,20H,4-8,10,12H2,1-3H3. The van der Waals surface area contributed by atoms with Crippen molar-refractivity contribution in [2.45, 2.75) is 51.7 Å². The Kier molecular flexibility index (Phi) is 4.99. The van der Waals surface area contributed by atoms with Gasteiger partial charge in [-0.2, -0.15) is 0 Å². The molecule has 2 heterocycles. The van der Waals surface area contributed by atoms with Gasteiger partial charge in [0.2, 0.25) is 0 Å². The van der Waals surface area contributed by atoms with Gasteiger partial charge in [0.25, 0.3) is 0 Å². The van der Waals surface area contributed by atoms with Crippen LogP contribution in [-0.4, -0.2) is 44.8 Å². The number of hydrogen-bond donors (Lipinski definition) is 1. The Morgan fingerprint density at radius 1 is 1.32 bits per heavy atom. The molecule has 0 saturated carbocycles. The van der Waals surface area contributed by atoms with Crippen molar-refractivity contribution in [1.29, 1.82) is 0 Å². The summed E-state index contributed by atoms with van der Waals surface area (Å²) in [5, 5.41) is 3.09. The highest BCUT2D eigenvalue weighted by atomic mass is 32.2. The molecule has 140 valence electrons. The first-order valence-electron chi connectivity index (χ1n) is 8.92. The lowest BCUT2D eigenvalue weighted by atomic mass is 9.88. The Bertz CT molecular complexity index is 743. The number of rotatable bonds is 5. The molecule has 0 radical (unpaired) electrons. The van der Waals surface area contributed by atoms with Crippen LogP contribution in [0.4, 0.5) is 10.1 Å². The summed E-state index contributed by atoms with van der Waals surface area (Å²) in [7, 11) is -3.12. The highest BCUT2D eigenvalue weighted by Gasteiger charge is 2.38. The van der Waals surface area contributed by atoms with E-state index in [1.165, 1.54) is 0 Å². The zero-order chi connectivity index (χ0) is 18.2. The topological polar surface area (TPSA) is 58.6 Å². The molecule has 5 nitrogen and oxygen atoms in total. The van der Waals surface area contributed by atoms with Crippen LogP contribution in [0.2, 0.25) is 0 Å². The van der Waals surface area contributed by atoms with E-state index < -0.39 is 15.4 Å². The van der Waals surface area contributed by atoms with Crippen LogP contribution in [0.1, 0.15) is 39.2 Å². The molecule has 1 aromatic rings. The van der Waals surface area contributed by atoms with Gasteiger partial charge in [-0.15, -0.1) is 0 Å². The van der Waals surface area contributed by atoms with Gasteiger partial charge in [-0.1, -0.05) is 6.92 Å². The number of halogens is 1. The van der Waals surface area contributed by atoms with Crippen molar-refractivity contribution in [2.24, 2.45) is 0 Å². The molecule has 1 fully saturated rings. The SMILES string of the molecule is CCS(=O)(=O)CNC1Cc2cc(F)c(N3CCCC3)cc2OC1(C)C. The number of fused-ring (bicyclic) bond motifs is 1. The highest BCUT2D eigenvalue weighted by Crippen LogP contribution is 2.38. The molecule has 0 aliphatic carbocycles. The Balaban J connectivity index is 1.83. The first-order chi connectivity index (χ1) is 11.7. The number of anilines is 1. The Hall–Kier alpha value is -1.34. The van der Waals surface area contributed by atoms with Crippen LogP contribution in [0, 0.1) is 5.82 Å². The summed E-state index contributed by atoms with van der Waals surface area (Å²) < 4.78 is 44.3. The molecule has 1 saturated heterocycles. The lowest BCUT2D eigenvalue weighted by molar-refractivity contribution is 0.0505. The van der Waals surface area contributed by atoms with Crippen LogP contribution in [0.5, 0.6) is 5.75 Å². The zero-order valence-electron chi connectivity index (χ0n) is 15.1. The fourth-order valence-corrected chi connectivity index (χ4v) is 4.17. The summed E-state index contributed by atoms with van der Waals surface area (Å²) in [5.41, 5.74) is 0.814. The predicted molar refractivity (Wildman–Crippen MR) is 97.5 cm³/mol. The molecule has 1 unspecified atom stereocenters. The molecule has 0 spiro atoms. The summed E-state index contributed by atoms with van der Waals surface area (Å²) in [4.78, 5) is 2.06. The van der Waals surface area contributed by atoms with Gasteiger partial charge in [-0.25, -0.2) is 12.8 Å². The molecule has 0 aromatic heterocycles. The molecule has 3 rings (SSSR count). The molecule has 1 N–H and O–H groups in total. The first kappa shape index (κ1) is 18.5. The van der Waals surface area contributed by atoms with Crippen LogP contribution in [-0.2, 0) is 16.3 Å². The molecule has 2 aliphatic heterocycles. The van der Waals surface area contributed by atoms with Crippen molar-refractivity contribution in [2.75, 3.05) is 29.6 Å². The van der Waals surface area contributed by atoms with Crippen LogP contribution in [0.25, 0.3) is 0 Å².